The molecule has 1 aliphatic rings. The van der Waals surface area contributed by atoms with E-state index < -0.39 is 18.4 Å². The molecule has 2 aromatic rings. The van der Waals surface area contributed by atoms with Gasteiger partial charge in [0.2, 0.25) is 0 Å². The fraction of sp³-hybridized carbons (Fsp3) is 0.238. The molecule has 0 spiro atoms. The summed E-state index contributed by atoms with van der Waals surface area (Å²) in [6, 6.07) is 9.35. The van der Waals surface area contributed by atoms with Crippen molar-refractivity contribution in [1.29, 1.82) is 0 Å². The van der Waals surface area contributed by atoms with Crippen molar-refractivity contribution >= 4 is 46.2 Å². The molecule has 6 nitrogen and oxygen atoms in total. The number of anilines is 2. The molecule has 1 saturated heterocycles. The maximum Gasteiger partial charge on any atom is 0.259 e. The van der Waals surface area contributed by atoms with E-state index >= 15 is 0 Å². The lowest BCUT2D eigenvalue weighted by atomic mass is 10.0. The minimum absolute atomic E-state index is 0.0183. The summed E-state index contributed by atoms with van der Waals surface area (Å²) in [6.45, 7) is 10.9. The van der Waals surface area contributed by atoms with Crippen LogP contribution in [0.1, 0.15) is 33.9 Å². The van der Waals surface area contributed by atoms with Crippen LogP contribution in [0.4, 0.5) is 17.1 Å². The molecule has 1 N–H and O–H groups in total. The Labute approximate surface area is 173 Å². The number of thiocarbonyl (C=S) groups is 1. The molecule has 0 bridgehead atoms. The van der Waals surface area contributed by atoms with Gasteiger partial charge in [-0.1, -0.05) is 6.07 Å². The molecule has 28 heavy (non-hydrogen) atoms. The summed E-state index contributed by atoms with van der Waals surface area (Å²) in [5, 5.41) is 2.34. The van der Waals surface area contributed by atoms with Crippen molar-refractivity contribution in [3.05, 3.63) is 65.0 Å². The van der Waals surface area contributed by atoms with E-state index in [0.29, 0.717) is 17.1 Å². The first-order chi connectivity index (χ1) is 14.5. The van der Waals surface area contributed by atoms with Crippen LogP contribution >= 0.6 is 12.2 Å². The van der Waals surface area contributed by atoms with E-state index in [1.165, 1.54) is 17.0 Å². The number of amides is 2. The van der Waals surface area contributed by atoms with Gasteiger partial charge in [0.1, 0.15) is 5.54 Å². The minimum Gasteiger partial charge on any atom is -0.355 e. The molecule has 1 aliphatic heterocycles. The lowest BCUT2D eigenvalue weighted by Gasteiger charge is -2.29. The van der Waals surface area contributed by atoms with E-state index in [4.69, 9.17) is 22.9 Å². The first kappa shape index (κ1) is 15.8. The largest absolute Gasteiger partial charge is 0.355 e. The second kappa shape index (κ2) is 7.06. The number of benzene rings is 2. The van der Waals surface area contributed by atoms with Crippen molar-refractivity contribution in [3.8, 4) is 0 Å². The molecule has 0 unspecified atom stereocenters. The maximum atomic E-state index is 13.3. The zero-order valence-corrected chi connectivity index (χ0v) is 16.4. The van der Waals surface area contributed by atoms with E-state index in [-0.39, 0.29) is 22.6 Å². The van der Waals surface area contributed by atoms with Crippen LogP contribution in [0.25, 0.3) is 4.85 Å². The predicted molar refractivity (Wildman–Crippen MR) is 114 cm³/mol. The fourth-order valence-electron chi connectivity index (χ4n) is 3.13. The summed E-state index contributed by atoms with van der Waals surface area (Å²) < 4.78 is 22.5. The van der Waals surface area contributed by atoms with Gasteiger partial charge in [-0.25, -0.2) is 4.85 Å². The highest BCUT2D eigenvalue weighted by molar-refractivity contribution is 7.81. The maximum absolute atomic E-state index is 13.3. The highest BCUT2D eigenvalue weighted by atomic mass is 32.1. The molecule has 0 aliphatic carbocycles. The van der Waals surface area contributed by atoms with Gasteiger partial charge in [-0.15, -0.1) is 0 Å². The van der Waals surface area contributed by atoms with Crippen molar-refractivity contribution in [1.82, 2.24) is 5.32 Å². The highest BCUT2D eigenvalue weighted by Gasteiger charge is 2.50. The molecule has 7 heteroatoms. The zero-order chi connectivity index (χ0) is 23.1. The van der Waals surface area contributed by atoms with Gasteiger partial charge in [-0.2, -0.15) is 0 Å². The molecule has 1 heterocycles. The van der Waals surface area contributed by atoms with Gasteiger partial charge < -0.3 is 10.2 Å². The topological polar surface area (TPSA) is 57.0 Å². The summed E-state index contributed by atoms with van der Waals surface area (Å²) in [5.74, 6) is -0.949. The Morgan fingerprint density at radius 1 is 1.29 bits per heavy atom. The van der Waals surface area contributed by atoms with E-state index in [0.717, 1.165) is 5.56 Å². The number of aryl methyl sites for hydroxylation is 1. The van der Waals surface area contributed by atoms with Crippen LogP contribution in [0.15, 0.2) is 42.4 Å². The number of carbonyl (C=O) groups excluding carboxylic acids is 2. The predicted octanol–water partition coefficient (Wildman–Crippen LogP) is 3.82. The van der Waals surface area contributed by atoms with Crippen LogP contribution in [0.3, 0.4) is 0 Å². The number of hydrogen-bond acceptors (Lipinski definition) is 3. The second-order valence-electron chi connectivity index (χ2n) is 6.83. The van der Waals surface area contributed by atoms with E-state index in [1.54, 1.807) is 49.9 Å². The van der Waals surface area contributed by atoms with Crippen LogP contribution in [-0.4, -0.2) is 29.5 Å². The molecular weight excluding hydrogens is 372 g/mol. The molecule has 0 aromatic heterocycles. The fourth-order valence-corrected chi connectivity index (χ4v) is 3.66. The third-order valence-corrected chi connectivity index (χ3v) is 5.02. The van der Waals surface area contributed by atoms with Crippen LogP contribution in [0.2, 0.25) is 0 Å². The SMILES string of the molecule is [2H]c1cc(N2C(=S)N(c3ccc([N+]#[C-])c(C)c3)C(=O)C2(C)C)ccc1C(=O)NC([2H])[2H]. The Kier molecular flexibility index (Phi) is 3.98. The van der Waals surface area contributed by atoms with Crippen molar-refractivity contribution in [2.45, 2.75) is 26.3 Å². The van der Waals surface area contributed by atoms with Gasteiger partial charge in [0.15, 0.2) is 10.8 Å². The summed E-state index contributed by atoms with van der Waals surface area (Å²) in [6.07, 6.45) is 0. The number of rotatable bonds is 3. The van der Waals surface area contributed by atoms with Crippen molar-refractivity contribution < 1.29 is 13.7 Å². The Hall–Kier alpha value is -3.24. The standard InChI is InChI=1S/C21H20N4O2S/c1-13-12-16(10-11-17(13)22-4)24-19(27)21(2,3)25(20(24)28)15-8-6-14(7-9-15)18(26)23-5/h6-12H,1-3,5H3,(H,23,26)/i5D2,6D. The number of carbonyl (C=O) groups is 2. The summed E-state index contributed by atoms with van der Waals surface area (Å²) in [5.41, 5.74) is 1.21. The first-order valence-corrected chi connectivity index (χ1v) is 8.82. The average molecular weight is 396 g/mol. The highest BCUT2D eigenvalue weighted by Crippen LogP contribution is 2.37. The first-order valence-electron chi connectivity index (χ1n) is 10.1. The third kappa shape index (κ3) is 3.02. The van der Waals surface area contributed by atoms with Crippen molar-refractivity contribution in [2.75, 3.05) is 16.8 Å². The smallest absolute Gasteiger partial charge is 0.259 e. The molecule has 0 saturated carbocycles. The molecule has 2 aromatic carbocycles. The lowest BCUT2D eigenvalue weighted by molar-refractivity contribution is -0.120. The van der Waals surface area contributed by atoms with Crippen molar-refractivity contribution in [3.63, 3.8) is 0 Å². The van der Waals surface area contributed by atoms with Gasteiger partial charge in [0.05, 0.1) is 7.94 Å². The van der Waals surface area contributed by atoms with E-state index in [2.05, 4.69) is 10.2 Å². The monoisotopic (exact) mass is 395 g/mol. The molecule has 3 rings (SSSR count). The molecule has 0 atom stereocenters. The second-order valence-corrected chi connectivity index (χ2v) is 7.20. The summed E-state index contributed by atoms with van der Waals surface area (Å²) in [4.78, 5) is 31.8. The van der Waals surface area contributed by atoms with Gasteiger partial charge in [0, 0.05) is 26.7 Å². The molecule has 2 amide bonds. The van der Waals surface area contributed by atoms with Crippen LogP contribution in [-0.2, 0) is 4.79 Å². The number of nitrogens with zero attached hydrogens (tertiary/aromatic N) is 3. The number of nitrogens with one attached hydrogen (secondary N) is 1. The number of hydrogen-bond donors (Lipinski definition) is 1. The van der Waals surface area contributed by atoms with E-state index in [1.807, 2.05) is 0 Å². The van der Waals surface area contributed by atoms with Gasteiger partial charge >= 0.3 is 0 Å². The quantitative estimate of drug-likeness (QED) is 0.634. The van der Waals surface area contributed by atoms with Gasteiger partial charge in [0.25, 0.3) is 11.8 Å². The molecule has 0 radical (unpaired) electrons. The molecular formula is C21H20N4O2S. The molecule has 142 valence electrons. The Balaban J connectivity index is 2.01. The minimum atomic E-state index is -1.54. The van der Waals surface area contributed by atoms with Crippen LogP contribution in [0.5, 0.6) is 0 Å². The van der Waals surface area contributed by atoms with Crippen molar-refractivity contribution in [2.24, 2.45) is 0 Å². The van der Waals surface area contributed by atoms with Crippen LogP contribution in [0, 0.1) is 13.5 Å². The van der Waals surface area contributed by atoms with Gasteiger partial charge in [-0.3, -0.25) is 14.5 Å². The lowest BCUT2D eigenvalue weighted by Crippen LogP contribution is -2.44. The van der Waals surface area contributed by atoms with Gasteiger partial charge in [-0.05, 0) is 74.9 Å². The summed E-state index contributed by atoms with van der Waals surface area (Å²) in [7, 11) is 0. The third-order valence-electron chi connectivity index (χ3n) is 4.66. The Morgan fingerprint density at radius 2 is 2.00 bits per heavy atom. The van der Waals surface area contributed by atoms with E-state index in [9.17, 15) is 9.59 Å². The normalized spacial score (nSPS) is 17.2. The summed E-state index contributed by atoms with van der Waals surface area (Å²) >= 11 is 5.62. The van der Waals surface area contributed by atoms with Crippen LogP contribution < -0.4 is 15.1 Å². The Morgan fingerprint density at radius 3 is 2.61 bits per heavy atom. The molecule has 1 fully saturated rings. The zero-order valence-electron chi connectivity index (χ0n) is 18.6. The average Bonchev–Trinajstić information content (AvgIpc) is 2.85. The Bertz CT molecular complexity index is 1140.